The number of aliphatic carboxylic acids is 1. The third-order valence-electron chi connectivity index (χ3n) is 3.37. The topological polar surface area (TPSA) is 105 Å². The van der Waals surface area contributed by atoms with Crippen molar-refractivity contribution in [2.24, 2.45) is 11.7 Å². The molecule has 116 valence electrons. The van der Waals surface area contributed by atoms with E-state index in [2.05, 4.69) is 10.3 Å². The summed E-state index contributed by atoms with van der Waals surface area (Å²) in [5.41, 5.74) is 7.43. The Balaban J connectivity index is 2.63. The average molecular weight is 293 g/mol. The highest BCUT2D eigenvalue weighted by molar-refractivity contribution is 5.99. The van der Waals surface area contributed by atoms with E-state index in [9.17, 15) is 9.59 Å². The molecular weight excluding hydrogens is 270 g/mol. The van der Waals surface area contributed by atoms with Gasteiger partial charge in [-0.1, -0.05) is 6.92 Å². The number of amides is 1. The predicted octanol–water partition coefficient (Wildman–Crippen LogP) is 2.10. The van der Waals surface area contributed by atoms with Crippen molar-refractivity contribution in [2.45, 2.75) is 40.0 Å². The summed E-state index contributed by atoms with van der Waals surface area (Å²) in [5.74, 6) is -0.481. The number of aromatic nitrogens is 1. The zero-order valence-corrected chi connectivity index (χ0v) is 12.8. The average Bonchev–Trinajstić information content (AvgIpc) is 2.34. The van der Waals surface area contributed by atoms with E-state index >= 15 is 0 Å². The van der Waals surface area contributed by atoms with Gasteiger partial charge >= 0.3 is 5.97 Å². The van der Waals surface area contributed by atoms with Crippen LogP contribution in [0.2, 0.25) is 0 Å². The van der Waals surface area contributed by atoms with Crippen molar-refractivity contribution in [1.82, 2.24) is 4.98 Å². The Kier molecular flexibility index (Phi) is 6.14. The molecule has 1 aromatic rings. The van der Waals surface area contributed by atoms with Crippen LogP contribution >= 0.6 is 0 Å². The Hall–Kier alpha value is -2.11. The summed E-state index contributed by atoms with van der Waals surface area (Å²) in [6.45, 7) is 6.32. The number of carbonyl (C=O) groups excluding carboxylic acids is 1. The van der Waals surface area contributed by atoms with E-state index in [1.807, 2.05) is 26.8 Å². The minimum absolute atomic E-state index is 0.176. The molecule has 0 aliphatic carbocycles. The van der Waals surface area contributed by atoms with Gasteiger partial charge in [0.1, 0.15) is 5.82 Å². The number of aryl methyl sites for hydroxylation is 2. The van der Waals surface area contributed by atoms with Crippen LogP contribution in [0.15, 0.2) is 6.07 Å². The highest BCUT2D eigenvalue weighted by Gasteiger charge is 2.14. The standard InChI is InChI=1S/C15H23N3O3/c1-9(4-5-12(19)20)6-7-17-15-13(14(16)21)10(2)8-11(3)18-15/h8-9H,4-7H2,1-3H3,(H2,16,21)(H,17,18)(H,19,20). The van der Waals surface area contributed by atoms with Gasteiger partial charge in [-0.05, 0) is 44.2 Å². The van der Waals surface area contributed by atoms with Crippen LogP contribution in [0.4, 0.5) is 5.82 Å². The summed E-state index contributed by atoms with van der Waals surface area (Å²) >= 11 is 0. The van der Waals surface area contributed by atoms with Crippen molar-refractivity contribution in [3.05, 3.63) is 22.9 Å². The molecule has 4 N–H and O–H groups in total. The smallest absolute Gasteiger partial charge is 0.303 e. The van der Waals surface area contributed by atoms with Crippen molar-refractivity contribution in [3.8, 4) is 0 Å². The number of carbonyl (C=O) groups is 2. The van der Waals surface area contributed by atoms with Crippen molar-refractivity contribution < 1.29 is 14.7 Å². The van der Waals surface area contributed by atoms with Crippen LogP contribution in [0, 0.1) is 19.8 Å². The first-order valence-corrected chi connectivity index (χ1v) is 7.05. The summed E-state index contributed by atoms with van der Waals surface area (Å²) in [4.78, 5) is 26.3. The predicted molar refractivity (Wildman–Crippen MR) is 81.4 cm³/mol. The summed E-state index contributed by atoms with van der Waals surface area (Å²) in [6.07, 6.45) is 1.62. The van der Waals surface area contributed by atoms with E-state index in [0.29, 0.717) is 24.3 Å². The normalized spacial score (nSPS) is 12.0. The van der Waals surface area contributed by atoms with Crippen LogP contribution in [0.3, 0.4) is 0 Å². The van der Waals surface area contributed by atoms with Gasteiger partial charge in [0.25, 0.3) is 5.91 Å². The second-order valence-electron chi connectivity index (χ2n) is 5.42. The highest BCUT2D eigenvalue weighted by atomic mass is 16.4. The van der Waals surface area contributed by atoms with Crippen molar-refractivity contribution in [3.63, 3.8) is 0 Å². The number of pyridine rings is 1. The van der Waals surface area contributed by atoms with Gasteiger partial charge in [0, 0.05) is 18.7 Å². The van der Waals surface area contributed by atoms with Crippen LogP contribution < -0.4 is 11.1 Å². The molecule has 1 atom stereocenters. The van der Waals surface area contributed by atoms with E-state index in [1.165, 1.54) is 0 Å². The Morgan fingerprint density at radius 3 is 2.62 bits per heavy atom. The van der Waals surface area contributed by atoms with E-state index < -0.39 is 11.9 Å². The minimum atomic E-state index is -0.776. The van der Waals surface area contributed by atoms with E-state index in [4.69, 9.17) is 10.8 Å². The lowest BCUT2D eigenvalue weighted by atomic mass is 10.0. The zero-order valence-electron chi connectivity index (χ0n) is 12.8. The first-order valence-electron chi connectivity index (χ1n) is 7.05. The van der Waals surface area contributed by atoms with Crippen LogP contribution in [0.5, 0.6) is 0 Å². The largest absolute Gasteiger partial charge is 0.481 e. The first-order chi connectivity index (χ1) is 9.81. The number of carboxylic acids is 1. The molecule has 0 saturated heterocycles. The quantitative estimate of drug-likeness (QED) is 0.680. The lowest BCUT2D eigenvalue weighted by Gasteiger charge is -2.14. The Morgan fingerprint density at radius 2 is 2.05 bits per heavy atom. The molecule has 6 heteroatoms. The second-order valence-corrected chi connectivity index (χ2v) is 5.42. The van der Waals surface area contributed by atoms with Gasteiger partial charge in [-0.25, -0.2) is 4.98 Å². The number of hydrogen-bond acceptors (Lipinski definition) is 4. The van der Waals surface area contributed by atoms with E-state index in [-0.39, 0.29) is 12.3 Å². The molecule has 0 fully saturated rings. The lowest BCUT2D eigenvalue weighted by Crippen LogP contribution is -2.19. The molecule has 0 aliphatic rings. The van der Waals surface area contributed by atoms with Crippen LogP contribution in [-0.2, 0) is 4.79 Å². The number of nitrogens with two attached hydrogens (primary N) is 1. The summed E-state index contributed by atoms with van der Waals surface area (Å²) in [7, 11) is 0. The number of primary amides is 1. The fourth-order valence-corrected chi connectivity index (χ4v) is 2.23. The van der Waals surface area contributed by atoms with Gasteiger partial charge in [0.2, 0.25) is 0 Å². The Morgan fingerprint density at radius 1 is 1.38 bits per heavy atom. The van der Waals surface area contributed by atoms with Gasteiger partial charge in [0.15, 0.2) is 0 Å². The molecule has 1 rings (SSSR count). The van der Waals surface area contributed by atoms with Gasteiger partial charge in [-0.15, -0.1) is 0 Å². The van der Waals surface area contributed by atoms with E-state index in [0.717, 1.165) is 17.7 Å². The lowest BCUT2D eigenvalue weighted by molar-refractivity contribution is -0.137. The van der Waals surface area contributed by atoms with Crippen molar-refractivity contribution in [1.29, 1.82) is 0 Å². The maximum atomic E-state index is 11.5. The highest BCUT2D eigenvalue weighted by Crippen LogP contribution is 2.19. The monoisotopic (exact) mass is 293 g/mol. The maximum Gasteiger partial charge on any atom is 0.303 e. The number of nitrogens with zero attached hydrogens (tertiary/aromatic N) is 1. The molecule has 1 amide bonds. The minimum Gasteiger partial charge on any atom is -0.481 e. The molecule has 0 aliphatic heterocycles. The molecular formula is C15H23N3O3. The Labute approximate surface area is 124 Å². The number of hydrogen-bond donors (Lipinski definition) is 3. The van der Waals surface area contributed by atoms with E-state index in [1.54, 1.807) is 0 Å². The molecule has 0 spiro atoms. The molecule has 0 aromatic carbocycles. The summed E-state index contributed by atoms with van der Waals surface area (Å²) in [6, 6.07) is 1.82. The van der Waals surface area contributed by atoms with Crippen LogP contribution in [-0.4, -0.2) is 28.5 Å². The maximum absolute atomic E-state index is 11.5. The van der Waals surface area contributed by atoms with Gasteiger partial charge < -0.3 is 16.2 Å². The molecule has 21 heavy (non-hydrogen) atoms. The first kappa shape index (κ1) is 16.9. The number of anilines is 1. The molecule has 0 saturated carbocycles. The van der Waals surface area contributed by atoms with Crippen molar-refractivity contribution >= 4 is 17.7 Å². The third kappa shape index (κ3) is 5.41. The molecule has 0 radical (unpaired) electrons. The SMILES string of the molecule is Cc1cc(C)c(C(N)=O)c(NCCC(C)CCC(=O)O)n1. The number of rotatable bonds is 8. The third-order valence-corrected chi connectivity index (χ3v) is 3.37. The van der Waals surface area contributed by atoms with Crippen LogP contribution in [0.25, 0.3) is 0 Å². The Bertz CT molecular complexity index is 529. The number of carboxylic acid groups (broad SMARTS) is 1. The van der Waals surface area contributed by atoms with Crippen LogP contribution in [0.1, 0.15) is 47.8 Å². The second kappa shape index (κ2) is 7.61. The summed E-state index contributed by atoms with van der Waals surface area (Å²) < 4.78 is 0. The zero-order chi connectivity index (χ0) is 16.0. The summed E-state index contributed by atoms with van der Waals surface area (Å²) in [5, 5.41) is 11.8. The molecule has 0 bridgehead atoms. The van der Waals surface area contributed by atoms with Gasteiger partial charge in [-0.3, -0.25) is 9.59 Å². The fraction of sp³-hybridized carbons (Fsp3) is 0.533. The molecule has 1 unspecified atom stereocenters. The fourth-order valence-electron chi connectivity index (χ4n) is 2.23. The van der Waals surface area contributed by atoms with Gasteiger partial charge in [-0.2, -0.15) is 0 Å². The number of nitrogens with one attached hydrogen (secondary N) is 1. The van der Waals surface area contributed by atoms with Gasteiger partial charge in [0.05, 0.1) is 5.56 Å². The molecule has 1 aromatic heterocycles. The molecule has 6 nitrogen and oxygen atoms in total. The van der Waals surface area contributed by atoms with Crippen molar-refractivity contribution in [2.75, 3.05) is 11.9 Å². The molecule has 1 heterocycles.